The summed E-state index contributed by atoms with van der Waals surface area (Å²) in [4.78, 5) is 22.5. The van der Waals surface area contributed by atoms with E-state index in [1.54, 1.807) is 0 Å². The molecule has 0 spiro atoms. The number of thioether (sulfide) groups is 1. The SMILES string of the molecule is CC(C)OCc1ccc(CC2SC(=O)NC2=O)cc1. The molecule has 4 nitrogen and oxygen atoms in total. The summed E-state index contributed by atoms with van der Waals surface area (Å²) in [7, 11) is 0. The highest BCUT2D eigenvalue weighted by Gasteiger charge is 2.31. The Balaban J connectivity index is 1.91. The fraction of sp³-hybridized carbons (Fsp3) is 0.429. The second kappa shape index (κ2) is 6.21. The Morgan fingerprint density at radius 1 is 1.21 bits per heavy atom. The van der Waals surface area contributed by atoms with Gasteiger partial charge in [0.2, 0.25) is 5.91 Å². The van der Waals surface area contributed by atoms with E-state index in [2.05, 4.69) is 5.32 Å². The molecule has 0 bridgehead atoms. The van der Waals surface area contributed by atoms with Crippen LogP contribution in [0.4, 0.5) is 4.79 Å². The van der Waals surface area contributed by atoms with Crippen LogP contribution >= 0.6 is 11.8 Å². The molecule has 1 unspecified atom stereocenters. The normalized spacial score (nSPS) is 19.0. The lowest BCUT2D eigenvalue weighted by Gasteiger charge is -2.09. The molecule has 0 radical (unpaired) electrons. The third-order valence-electron chi connectivity index (χ3n) is 2.79. The van der Waals surface area contributed by atoms with E-state index in [4.69, 9.17) is 4.74 Å². The third-order valence-corrected chi connectivity index (χ3v) is 3.78. The molecule has 0 aliphatic carbocycles. The van der Waals surface area contributed by atoms with Gasteiger partial charge in [0, 0.05) is 0 Å². The Labute approximate surface area is 116 Å². The summed E-state index contributed by atoms with van der Waals surface area (Å²) in [5.74, 6) is -0.192. The van der Waals surface area contributed by atoms with Crippen molar-refractivity contribution in [2.24, 2.45) is 0 Å². The first kappa shape index (κ1) is 14.1. The van der Waals surface area contributed by atoms with E-state index >= 15 is 0 Å². The highest BCUT2D eigenvalue weighted by molar-refractivity contribution is 8.15. The summed E-state index contributed by atoms with van der Waals surface area (Å²) in [6, 6.07) is 7.96. The van der Waals surface area contributed by atoms with Gasteiger partial charge in [-0.25, -0.2) is 0 Å². The van der Waals surface area contributed by atoms with Crippen LogP contribution in [0.1, 0.15) is 25.0 Å². The quantitative estimate of drug-likeness (QED) is 0.899. The fourth-order valence-corrected chi connectivity index (χ4v) is 2.64. The zero-order chi connectivity index (χ0) is 13.8. The van der Waals surface area contributed by atoms with Gasteiger partial charge in [0.25, 0.3) is 5.24 Å². The number of hydrogen-bond donors (Lipinski definition) is 1. The number of ether oxygens (including phenoxy) is 1. The Bertz CT molecular complexity index is 470. The number of nitrogens with one attached hydrogen (secondary N) is 1. The van der Waals surface area contributed by atoms with Crippen LogP contribution < -0.4 is 5.32 Å². The minimum absolute atomic E-state index is 0.192. The van der Waals surface area contributed by atoms with Gasteiger partial charge in [0.1, 0.15) is 0 Å². The Morgan fingerprint density at radius 2 is 1.84 bits per heavy atom. The van der Waals surface area contributed by atoms with Crippen LogP contribution in [0, 0.1) is 0 Å². The summed E-state index contributed by atoms with van der Waals surface area (Å²) in [5, 5.41) is 1.74. The van der Waals surface area contributed by atoms with Crippen LogP contribution in [0.2, 0.25) is 0 Å². The molecule has 1 aliphatic rings. The molecule has 1 heterocycles. The van der Waals surface area contributed by atoms with Gasteiger partial charge in [-0.2, -0.15) is 0 Å². The molecule has 1 atom stereocenters. The molecule has 1 aromatic rings. The first-order chi connectivity index (χ1) is 9.04. The Kier molecular flexibility index (Phi) is 4.61. The van der Waals surface area contributed by atoms with Crippen molar-refractivity contribution in [1.29, 1.82) is 0 Å². The van der Waals surface area contributed by atoms with E-state index in [0.29, 0.717) is 13.0 Å². The molecule has 1 aliphatic heterocycles. The van der Waals surface area contributed by atoms with Gasteiger partial charge in [-0.3, -0.25) is 14.9 Å². The minimum Gasteiger partial charge on any atom is -0.374 e. The molecule has 1 saturated heterocycles. The van der Waals surface area contributed by atoms with E-state index < -0.39 is 0 Å². The number of benzene rings is 1. The molecule has 2 amide bonds. The highest BCUT2D eigenvalue weighted by Crippen LogP contribution is 2.23. The van der Waals surface area contributed by atoms with Crippen LogP contribution in [-0.4, -0.2) is 22.5 Å². The van der Waals surface area contributed by atoms with Crippen molar-refractivity contribution in [3.05, 3.63) is 35.4 Å². The number of amides is 2. The van der Waals surface area contributed by atoms with E-state index in [1.165, 1.54) is 0 Å². The molecule has 0 saturated carbocycles. The molecule has 1 aromatic carbocycles. The van der Waals surface area contributed by atoms with Crippen LogP contribution in [-0.2, 0) is 22.6 Å². The standard InChI is InChI=1S/C14H17NO3S/c1-9(2)18-8-11-5-3-10(4-6-11)7-12-13(16)15-14(17)19-12/h3-6,9,12H,7-8H2,1-2H3,(H,15,16,17). The topological polar surface area (TPSA) is 55.4 Å². The van der Waals surface area contributed by atoms with Crippen molar-refractivity contribution in [1.82, 2.24) is 5.32 Å². The Hall–Kier alpha value is -1.33. The maximum absolute atomic E-state index is 11.5. The zero-order valence-corrected chi connectivity index (χ0v) is 11.8. The monoisotopic (exact) mass is 279 g/mol. The predicted molar refractivity (Wildman–Crippen MR) is 75.0 cm³/mol. The summed E-state index contributed by atoms with van der Waals surface area (Å²) in [6.45, 7) is 4.59. The van der Waals surface area contributed by atoms with E-state index in [9.17, 15) is 9.59 Å². The highest BCUT2D eigenvalue weighted by atomic mass is 32.2. The Morgan fingerprint density at radius 3 is 2.37 bits per heavy atom. The second-order valence-electron chi connectivity index (χ2n) is 4.76. The smallest absolute Gasteiger partial charge is 0.286 e. The number of rotatable bonds is 5. The summed E-state index contributed by atoms with van der Waals surface area (Å²) < 4.78 is 5.52. The summed E-state index contributed by atoms with van der Waals surface area (Å²) in [6.07, 6.45) is 0.789. The lowest BCUT2D eigenvalue weighted by atomic mass is 10.1. The lowest BCUT2D eigenvalue weighted by molar-refractivity contribution is -0.118. The average Bonchev–Trinajstić information content (AvgIpc) is 2.67. The molecule has 2 rings (SSSR count). The van der Waals surface area contributed by atoms with E-state index in [-0.39, 0.29) is 22.5 Å². The lowest BCUT2D eigenvalue weighted by Crippen LogP contribution is -2.25. The molecule has 1 fully saturated rings. The second-order valence-corrected chi connectivity index (χ2v) is 5.94. The van der Waals surface area contributed by atoms with Crippen molar-refractivity contribution in [3.8, 4) is 0 Å². The maximum Gasteiger partial charge on any atom is 0.286 e. The van der Waals surface area contributed by atoms with Crippen LogP contribution in [0.25, 0.3) is 0 Å². The molecule has 0 aromatic heterocycles. The van der Waals surface area contributed by atoms with Crippen molar-refractivity contribution in [2.45, 2.75) is 38.2 Å². The summed E-state index contributed by atoms with van der Waals surface area (Å²) >= 11 is 1.06. The van der Waals surface area contributed by atoms with Gasteiger partial charge < -0.3 is 4.74 Å². The molecular weight excluding hydrogens is 262 g/mol. The first-order valence-electron chi connectivity index (χ1n) is 6.25. The molecule has 19 heavy (non-hydrogen) atoms. The van der Waals surface area contributed by atoms with Gasteiger partial charge in [0.15, 0.2) is 0 Å². The van der Waals surface area contributed by atoms with E-state index in [0.717, 1.165) is 22.9 Å². The number of imide groups is 1. The first-order valence-corrected chi connectivity index (χ1v) is 7.13. The van der Waals surface area contributed by atoms with Crippen molar-refractivity contribution < 1.29 is 14.3 Å². The van der Waals surface area contributed by atoms with Crippen LogP contribution in [0.5, 0.6) is 0 Å². The van der Waals surface area contributed by atoms with Gasteiger partial charge in [-0.05, 0) is 31.4 Å². The number of hydrogen-bond acceptors (Lipinski definition) is 4. The van der Waals surface area contributed by atoms with E-state index in [1.807, 2.05) is 38.1 Å². The van der Waals surface area contributed by atoms with Gasteiger partial charge in [-0.1, -0.05) is 36.0 Å². The van der Waals surface area contributed by atoms with Gasteiger partial charge in [0.05, 0.1) is 18.0 Å². The van der Waals surface area contributed by atoms with Crippen molar-refractivity contribution >= 4 is 22.9 Å². The van der Waals surface area contributed by atoms with Crippen molar-refractivity contribution in [3.63, 3.8) is 0 Å². The largest absolute Gasteiger partial charge is 0.374 e. The van der Waals surface area contributed by atoms with Crippen LogP contribution in [0.3, 0.4) is 0 Å². The number of carbonyl (C=O) groups is 2. The molecule has 1 N–H and O–H groups in total. The maximum atomic E-state index is 11.5. The molecular formula is C14H17NO3S. The summed E-state index contributed by atoms with van der Waals surface area (Å²) in [5.41, 5.74) is 2.16. The molecule has 102 valence electrons. The zero-order valence-electron chi connectivity index (χ0n) is 11.0. The molecule has 5 heteroatoms. The average molecular weight is 279 g/mol. The third kappa shape index (κ3) is 4.08. The van der Waals surface area contributed by atoms with Crippen LogP contribution in [0.15, 0.2) is 24.3 Å². The fourth-order valence-electron chi connectivity index (χ4n) is 1.78. The minimum atomic E-state index is -0.301. The number of carbonyl (C=O) groups excluding carboxylic acids is 2. The predicted octanol–water partition coefficient (Wildman–Crippen LogP) is 2.51. The van der Waals surface area contributed by atoms with Gasteiger partial charge >= 0.3 is 0 Å². The van der Waals surface area contributed by atoms with Crippen molar-refractivity contribution in [2.75, 3.05) is 0 Å². The van der Waals surface area contributed by atoms with Gasteiger partial charge in [-0.15, -0.1) is 0 Å².